The fourth-order valence-electron chi connectivity index (χ4n) is 1.34. The molecule has 100 valence electrons. The van der Waals surface area contributed by atoms with Gasteiger partial charge in [0.25, 0.3) is 10.0 Å². The number of aromatic nitrogens is 1. The number of rotatable bonds is 3. The molecule has 1 N–H and O–H groups in total. The van der Waals surface area contributed by atoms with E-state index in [-0.39, 0.29) is 5.69 Å². The molecule has 8 heteroatoms. The summed E-state index contributed by atoms with van der Waals surface area (Å²) in [5, 5.41) is -0.315. The van der Waals surface area contributed by atoms with E-state index >= 15 is 0 Å². The number of sulfonamides is 1. The fourth-order valence-corrected chi connectivity index (χ4v) is 3.07. The van der Waals surface area contributed by atoms with Crippen LogP contribution in [0, 0.1) is 5.82 Å². The Morgan fingerprint density at radius 1 is 1.32 bits per heavy atom. The van der Waals surface area contributed by atoms with Gasteiger partial charge in [0.1, 0.15) is 0 Å². The zero-order chi connectivity index (χ0) is 14.0. The van der Waals surface area contributed by atoms with Crippen LogP contribution in [0.2, 0.25) is 5.02 Å². The third kappa shape index (κ3) is 3.23. The highest BCUT2D eigenvalue weighted by Crippen LogP contribution is 2.28. The van der Waals surface area contributed by atoms with E-state index in [1.165, 1.54) is 18.3 Å². The van der Waals surface area contributed by atoms with Gasteiger partial charge in [-0.15, -0.1) is 0 Å². The van der Waals surface area contributed by atoms with Crippen molar-refractivity contribution in [1.29, 1.82) is 0 Å². The van der Waals surface area contributed by atoms with E-state index in [2.05, 4.69) is 25.6 Å². The summed E-state index contributed by atoms with van der Waals surface area (Å²) in [5.41, 5.74) is 0.206. The van der Waals surface area contributed by atoms with Crippen molar-refractivity contribution in [2.45, 2.75) is 5.03 Å². The maximum Gasteiger partial charge on any atom is 0.282 e. The summed E-state index contributed by atoms with van der Waals surface area (Å²) in [5.74, 6) is -0.923. The van der Waals surface area contributed by atoms with Gasteiger partial charge in [-0.3, -0.25) is 4.72 Å². The first-order valence-corrected chi connectivity index (χ1v) is 7.64. The molecule has 2 aromatic rings. The monoisotopic (exact) mass is 364 g/mol. The van der Waals surface area contributed by atoms with Gasteiger partial charge in [0, 0.05) is 15.7 Å². The SMILES string of the molecule is O=S(=O)(Nc1cc(Cl)ccc1Br)c1ncccc1F. The lowest BCUT2D eigenvalue weighted by molar-refractivity contribution is 0.557. The van der Waals surface area contributed by atoms with Crippen LogP contribution >= 0.6 is 27.5 Å². The second-order valence-corrected chi connectivity index (χ2v) is 6.41. The quantitative estimate of drug-likeness (QED) is 0.906. The van der Waals surface area contributed by atoms with Crippen LogP contribution in [0.5, 0.6) is 0 Å². The summed E-state index contributed by atoms with van der Waals surface area (Å²) in [6, 6.07) is 6.90. The first-order valence-electron chi connectivity index (χ1n) is 4.98. The number of hydrogen-bond acceptors (Lipinski definition) is 3. The highest BCUT2D eigenvalue weighted by atomic mass is 79.9. The van der Waals surface area contributed by atoms with Crippen LogP contribution in [0.25, 0.3) is 0 Å². The van der Waals surface area contributed by atoms with Crippen molar-refractivity contribution in [2.24, 2.45) is 0 Å². The van der Waals surface area contributed by atoms with Crippen molar-refractivity contribution in [3.8, 4) is 0 Å². The molecular weight excluding hydrogens is 359 g/mol. The third-order valence-electron chi connectivity index (χ3n) is 2.15. The van der Waals surface area contributed by atoms with E-state index in [0.717, 1.165) is 6.07 Å². The molecule has 1 aromatic carbocycles. The Morgan fingerprint density at radius 3 is 2.74 bits per heavy atom. The molecule has 0 aliphatic rings. The van der Waals surface area contributed by atoms with Gasteiger partial charge in [0.05, 0.1) is 5.69 Å². The molecule has 0 saturated carbocycles. The minimum absolute atomic E-state index is 0.206. The molecule has 2 rings (SSSR count). The fraction of sp³-hybridized carbons (Fsp3) is 0. The second kappa shape index (κ2) is 5.44. The molecular formula is C11H7BrClFN2O2S. The molecule has 0 spiro atoms. The molecule has 0 radical (unpaired) electrons. The Balaban J connectivity index is 2.43. The Labute approximate surface area is 122 Å². The van der Waals surface area contributed by atoms with Gasteiger partial charge in [-0.1, -0.05) is 11.6 Å². The summed E-state index contributed by atoms with van der Waals surface area (Å²) in [4.78, 5) is 3.52. The van der Waals surface area contributed by atoms with Crippen LogP contribution in [0.15, 0.2) is 46.0 Å². The Kier molecular flexibility index (Phi) is 4.07. The van der Waals surface area contributed by atoms with E-state index in [0.29, 0.717) is 9.50 Å². The average Bonchev–Trinajstić information content (AvgIpc) is 2.34. The molecule has 19 heavy (non-hydrogen) atoms. The maximum absolute atomic E-state index is 13.4. The molecule has 0 aliphatic heterocycles. The molecule has 0 saturated heterocycles. The van der Waals surface area contributed by atoms with Crippen molar-refractivity contribution in [2.75, 3.05) is 4.72 Å². The molecule has 0 aliphatic carbocycles. The number of nitrogens with one attached hydrogen (secondary N) is 1. The van der Waals surface area contributed by atoms with Gasteiger partial charge in [0.15, 0.2) is 5.82 Å². The maximum atomic E-state index is 13.4. The topological polar surface area (TPSA) is 59.1 Å². The van der Waals surface area contributed by atoms with Gasteiger partial charge in [-0.2, -0.15) is 8.42 Å². The summed E-state index contributed by atoms with van der Waals surface area (Å²) in [6.07, 6.45) is 1.20. The largest absolute Gasteiger partial charge is 0.282 e. The molecule has 4 nitrogen and oxygen atoms in total. The predicted molar refractivity (Wildman–Crippen MR) is 74.2 cm³/mol. The number of hydrogen-bond donors (Lipinski definition) is 1. The van der Waals surface area contributed by atoms with Crippen LogP contribution in [-0.4, -0.2) is 13.4 Å². The van der Waals surface area contributed by atoms with Gasteiger partial charge in [0.2, 0.25) is 5.03 Å². The third-order valence-corrected chi connectivity index (χ3v) is 4.38. The van der Waals surface area contributed by atoms with Crippen LogP contribution < -0.4 is 4.72 Å². The van der Waals surface area contributed by atoms with Crippen molar-refractivity contribution >= 4 is 43.2 Å². The van der Waals surface area contributed by atoms with Crippen LogP contribution in [0.1, 0.15) is 0 Å². The first kappa shape index (κ1) is 14.2. The molecule has 0 amide bonds. The van der Waals surface area contributed by atoms with Crippen molar-refractivity contribution in [1.82, 2.24) is 4.98 Å². The van der Waals surface area contributed by atoms with E-state index in [1.807, 2.05) is 0 Å². The van der Waals surface area contributed by atoms with E-state index in [4.69, 9.17) is 11.6 Å². The van der Waals surface area contributed by atoms with Crippen LogP contribution in [0.3, 0.4) is 0 Å². The molecule has 0 fully saturated rings. The summed E-state index contributed by atoms with van der Waals surface area (Å²) in [6.45, 7) is 0. The van der Waals surface area contributed by atoms with E-state index in [1.54, 1.807) is 12.1 Å². The normalized spacial score (nSPS) is 11.3. The van der Waals surface area contributed by atoms with Crippen molar-refractivity contribution < 1.29 is 12.8 Å². The summed E-state index contributed by atoms with van der Waals surface area (Å²) < 4.78 is 40.2. The highest BCUT2D eigenvalue weighted by molar-refractivity contribution is 9.10. The summed E-state index contributed by atoms with van der Waals surface area (Å²) >= 11 is 8.95. The van der Waals surface area contributed by atoms with Crippen LogP contribution in [0.4, 0.5) is 10.1 Å². The average molecular weight is 366 g/mol. The van der Waals surface area contributed by atoms with E-state index < -0.39 is 20.9 Å². The van der Waals surface area contributed by atoms with Gasteiger partial charge in [-0.05, 0) is 46.3 Å². The second-order valence-electron chi connectivity index (χ2n) is 3.52. The zero-order valence-corrected chi connectivity index (χ0v) is 12.4. The number of halogens is 3. The summed E-state index contributed by atoms with van der Waals surface area (Å²) in [7, 11) is -4.11. The Morgan fingerprint density at radius 2 is 2.05 bits per heavy atom. The number of pyridine rings is 1. The van der Waals surface area contributed by atoms with E-state index in [9.17, 15) is 12.8 Å². The smallest absolute Gasteiger partial charge is 0.277 e. The van der Waals surface area contributed by atoms with Gasteiger partial charge >= 0.3 is 0 Å². The molecule has 0 bridgehead atoms. The van der Waals surface area contributed by atoms with Gasteiger partial charge < -0.3 is 0 Å². The zero-order valence-electron chi connectivity index (χ0n) is 9.27. The Bertz CT molecular complexity index is 724. The highest BCUT2D eigenvalue weighted by Gasteiger charge is 2.21. The first-order chi connectivity index (χ1) is 8.90. The standard InChI is InChI=1S/C11H7BrClFN2O2S/c12-8-4-3-7(13)6-10(8)16-19(17,18)11-9(14)2-1-5-15-11/h1-6,16H. The number of nitrogens with zero attached hydrogens (tertiary/aromatic N) is 1. The van der Waals surface area contributed by atoms with Crippen LogP contribution in [-0.2, 0) is 10.0 Å². The minimum atomic E-state index is -4.11. The predicted octanol–water partition coefficient (Wildman–Crippen LogP) is 3.44. The minimum Gasteiger partial charge on any atom is -0.277 e. The molecule has 0 unspecified atom stereocenters. The molecule has 0 atom stereocenters. The lowest BCUT2D eigenvalue weighted by Gasteiger charge is -2.09. The van der Waals surface area contributed by atoms with Crippen molar-refractivity contribution in [3.63, 3.8) is 0 Å². The van der Waals surface area contributed by atoms with Crippen molar-refractivity contribution in [3.05, 3.63) is 51.8 Å². The Hall–Kier alpha value is -1.18. The lowest BCUT2D eigenvalue weighted by Crippen LogP contribution is -2.16. The number of benzene rings is 1. The molecule has 1 aromatic heterocycles. The lowest BCUT2D eigenvalue weighted by atomic mass is 10.3. The molecule has 1 heterocycles. The number of anilines is 1. The van der Waals surface area contributed by atoms with Gasteiger partial charge in [-0.25, -0.2) is 9.37 Å².